The SMILES string of the molecule is CCOC(=O)COc1cccc(NC(=O)COc2ccc3ccc(=O)oc3c2)c1. The summed E-state index contributed by atoms with van der Waals surface area (Å²) < 4.78 is 20.7. The normalized spacial score (nSPS) is 10.4. The Kier molecular flexibility index (Phi) is 6.47. The van der Waals surface area contributed by atoms with Crippen molar-refractivity contribution in [2.45, 2.75) is 6.92 Å². The molecule has 1 aromatic heterocycles. The van der Waals surface area contributed by atoms with Crippen molar-refractivity contribution in [1.82, 2.24) is 0 Å². The molecule has 0 radical (unpaired) electrons. The molecule has 0 aliphatic rings. The Morgan fingerprint density at radius 2 is 1.72 bits per heavy atom. The largest absolute Gasteiger partial charge is 0.484 e. The zero-order valence-corrected chi connectivity index (χ0v) is 15.7. The number of rotatable bonds is 8. The molecule has 0 spiro atoms. The highest BCUT2D eigenvalue weighted by atomic mass is 16.6. The predicted octanol–water partition coefficient (Wildman–Crippen LogP) is 2.75. The van der Waals surface area contributed by atoms with E-state index in [4.69, 9.17) is 18.6 Å². The highest BCUT2D eigenvalue weighted by Gasteiger charge is 2.08. The van der Waals surface area contributed by atoms with Gasteiger partial charge in [-0.05, 0) is 37.3 Å². The Morgan fingerprint density at radius 1 is 0.966 bits per heavy atom. The van der Waals surface area contributed by atoms with Gasteiger partial charge in [-0.25, -0.2) is 9.59 Å². The third-order valence-electron chi connectivity index (χ3n) is 3.74. The highest BCUT2D eigenvalue weighted by molar-refractivity contribution is 5.92. The number of hydrogen-bond donors (Lipinski definition) is 1. The first-order valence-electron chi connectivity index (χ1n) is 8.88. The second kappa shape index (κ2) is 9.41. The molecular weight excluding hydrogens is 378 g/mol. The van der Waals surface area contributed by atoms with Crippen LogP contribution in [-0.4, -0.2) is 31.7 Å². The van der Waals surface area contributed by atoms with Crippen LogP contribution in [0.15, 0.2) is 63.8 Å². The van der Waals surface area contributed by atoms with Crippen molar-refractivity contribution in [3.63, 3.8) is 0 Å². The van der Waals surface area contributed by atoms with E-state index in [2.05, 4.69) is 5.32 Å². The minimum absolute atomic E-state index is 0.216. The molecule has 0 atom stereocenters. The van der Waals surface area contributed by atoms with Gasteiger partial charge in [0.05, 0.1) is 6.61 Å². The van der Waals surface area contributed by atoms with Crippen LogP contribution in [-0.2, 0) is 14.3 Å². The lowest BCUT2D eigenvalue weighted by molar-refractivity contribution is -0.145. The van der Waals surface area contributed by atoms with E-state index in [0.29, 0.717) is 22.8 Å². The van der Waals surface area contributed by atoms with Crippen LogP contribution < -0.4 is 20.4 Å². The fourth-order valence-corrected chi connectivity index (χ4v) is 2.49. The summed E-state index contributed by atoms with van der Waals surface area (Å²) in [5.41, 5.74) is 0.406. The average molecular weight is 397 g/mol. The van der Waals surface area contributed by atoms with Crippen LogP contribution in [0, 0.1) is 0 Å². The van der Waals surface area contributed by atoms with Gasteiger partial charge in [0.25, 0.3) is 5.91 Å². The monoisotopic (exact) mass is 397 g/mol. The number of carbonyl (C=O) groups is 2. The molecule has 8 nitrogen and oxygen atoms in total. The van der Waals surface area contributed by atoms with E-state index in [1.54, 1.807) is 55.5 Å². The molecule has 29 heavy (non-hydrogen) atoms. The molecular formula is C21H19NO7. The highest BCUT2D eigenvalue weighted by Crippen LogP contribution is 2.20. The number of ether oxygens (including phenoxy) is 3. The summed E-state index contributed by atoms with van der Waals surface area (Å²) in [5, 5.41) is 3.43. The molecule has 0 bridgehead atoms. The fraction of sp³-hybridized carbons (Fsp3) is 0.190. The minimum atomic E-state index is -0.471. The molecule has 8 heteroatoms. The minimum Gasteiger partial charge on any atom is -0.484 e. The van der Waals surface area contributed by atoms with E-state index in [1.165, 1.54) is 6.07 Å². The summed E-state index contributed by atoms with van der Waals surface area (Å²) in [7, 11) is 0. The number of anilines is 1. The molecule has 0 fully saturated rings. The molecule has 0 unspecified atom stereocenters. The number of hydrogen-bond acceptors (Lipinski definition) is 7. The Morgan fingerprint density at radius 3 is 2.55 bits per heavy atom. The van der Waals surface area contributed by atoms with E-state index in [9.17, 15) is 14.4 Å². The fourth-order valence-electron chi connectivity index (χ4n) is 2.49. The standard InChI is InChI=1S/C21H19NO7/c1-2-26-21(25)13-28-16-5-3-4-15(10-16)22-19(23)12-27-17-8-6-14-7-9-20(24)29-18(14)11-17/h3-11H,2,12-13H2,1H3,(H,22,23). The van der Waals surface area contributed by atoms with Crippen LogP contribution >= 0.6 is 0 Å². The first kappa shape index (κ1) is 19.9. The summed E-state index contributed by atoms with van der Waals surface area (Å²) >= 11 is 0. The summed E-state index contributed by atoms with van der Waals surface area (Å²) in [6, 6.07) is 14.6. The van der Waals surface area contributed by atoms with Gasteiger partial charge in [0.1, 0.15) is 17.1 Å². The van der Waals surface area contributed by atoms with E-state index < -0.39 is 11.6 Å². The number of esters is 1. The zero-order chi connectivity index (χ0) is 20.6. The Bertz CT molecular complexity index is 1070. The third-order valence-corrected chi connectivity index (χ3v) is 3.74. The van der Waals surface area contributed by atoms with E-state index >= 15 is 0 Å². The molecule has 1 amide bonds. The van der Waals surface area contributed by atoms with Gasteiger partial charge in [-0.15, -0.1) is 0 Å². The predicted molar refractivity (Wildman–Crippen MR) is 105 cm³/mol. The second-order valence-corrected chi connectivity index (χ2v) is 5.91. The Hall–Kier alpha value is -3.81. The number of nitrogens with one attached hydrogen (secondary N) is 1. The van der Waals surface area contributed by atoms with Crippen LogP contribution in [0.25, 0.3) is 11.0 Å². The van der Waals surface area contributed by atoms with E-state index in [1.807, 2.05) is 0 Å². The number of fused-ring (bicyclic) bond motifs is 1. The molecule has 0 saturated carbocycles. The van der Waals surface area contributed by atoms with Crippen molar-refractivity contribution in [2.24, 2.45) is 0 Å². The molecule has 3 aromatic rings. The van der Waals surface area contributed by atoms with Crippen LogP contribution in [0.1, 0.15) is 6.92 Å². The third kappa shape index (κ3) is 5.83. The smallest absolute Gasteiger partial charge is 0.344 e. The van der Waals surface area contributed by atoms with Gasteiger partial charge in [0.15, 0.2) is 13.2 Å². The van der Waals surface area contributed by atoms with Gasteiger partial charge in [-0.1, -0.05) is 6.07 Å². The first-order valence-corrected chi connectivity index (χ1v) is 8.88. The number of amides is 1. The van der Waals surface area contributed by atoms with Gasteiger partial charge in [-0.2, -0.15) is 0 Å². The lowest BCUT2D eigenvalue weighted by Gasteiger charge is -2.10. The van der Waals surface area contributed by atoms with Crippen LogP contribution in [0.4, 0.5) is 5.69 Å². The molecule has 0 saturated heterocycles. The van der Waals surface area contributed by atoms with Gasteiger partial charge in [-0.3, -0.25) is 4.79 Å². The van der Waals surface area contributed by atoms with E-state index in [-0.39, 0.29) is 25.7 Å². The summed E-state index contributed by atoms with van der Waals surface area (Å²) in [6.07, 6.45) is 0. The number of benzene rings is 2. The van der Waals surface area contributed by atoms with Gasteiger partial charge in [0, 0.05) is 29.3 Å². The topological polar surface area (TPSA) is 104 Å². The molecule has 1 N–H and O–H groups in total. The average Bonchev–Trinajstić information content (AvgIpc) is 2.71. The lowest BCUT2D eigenvalue weighted by Crippen LogP contribution is -2.20. The van der Waals surface area contributed by atoms with Gasteiger partial charge < -0.3 is 23.9 Å². The van der Waals surface area contributed by atoms with Crippen molar-refractivity contribution < 1.29 is 28.2 Å². The molecule has 150 valence electrons. The van der Waals surface area contributed by atoms with Crippen LogP contribution in [0.5, 0.6) is 11.5 Å². The summed E-state index contributed by atoms with van der Waals surface area (Å²) in [6.45, 7) is 1.54. The van der Waals surface area contributed by atoms with Crippen LogP contribution in [0.3, 0.4) is 0 Å². The van der Waals surface area contributed by atoms with Gasteiger partial charge >= 0.3 is 11.6 Å². The van der Waals surface area contributed by atoms with Crippen LogP contribution in [0.2, 0.25) is 0 Å². The number of carbonyl (C=O) groups excluding carboxylic acids is 2. The van der Waals surface area contributed by atoms with Crippen molar-refractivity contribution in [2.75, 3.05) is 25.1 Å². The quantitative estimate of drug-likeness (QED) is 0.460. The molecule has 0 aliphatic carbocycles. The summed E-state index contributed by atoms with van der Waals surface area (Å²) in [5.74, 6) is -0.0430. The van der Waals surface area contributed by atoms with Gasteiger partial charge in [0.2, 0.25) is 0 Å². The van der Waals surface area contributed by atoms with Crippen molar-refractivity contribution >= 4 is 28.5 Å². The van der Waals surface area contributed by atoms with Crippen molar-refractivity contribution in [3.05, 3.63) is 65.0 Å². The van der Waals surface area contributed by atoms with E-state index in [0.717, 1.165) is 5.39 Å². The summed E-state index contributed by atoms with van der Waals surface area (Å²) in [4.78, 5) is 34.8. The molecule has 1 heterocycles. The first-order chi connectivity index (χ1) is 14.0. The second-order valence-electron chi connectivity index (χ2n) is 5.91. The Balaban J connectivity index is 1.55. The molecule has 0 aliphatic heterocycles. The molecule has 3 rings (SSSR count). The zero-order valence-electron chi connectivity index (χ0n) is 15.7. The van der Waals surface area contributed by atoms with Crippen molar-refractivity contribution in [3.8, 4) is 11.5 Å². The maximum absolute atomic E-state index is 12.1. The Labute approximate surface area is 166 Å². The maximum Gasteiger partial charge on any atom is 0.344 e. The van der Waals surface area contributed by atoms with Crippen molar-refractivity contribution in [1.29, 1.82) is 0 Å². The lowest BCUT2D eigenvalue weighted by atomic mass is 10.2. The molecule has 2 aromatic carbocycles. The maximum atomic E-state index is 12.1.